The molecule has 0 radical (unpaired) electrons. The van der Waals surface area contributed by atoms with E-state index in [4.69, 9.17) is 5.41 Å². The molecule has 1 aromatic rings. The molecule has 70 valence electrons. The molecule has 0 aromatic heterocycles. The maximum Gasteiger partial charge on any atom is 0.264 e. The van der Waals surface area contributed by atoms with Crippen LogP contribution < -0.4 is 0 Å². The number of hydrogen-bond acceptors (Lipinski definition) is 1. The van der Waals surface area contributed by atoms with Gasteiger partial charge >= 0.3 is 0 Å². The van der Waals surface area contributed by atoms with E-state index < -0.39 is 6.43 Å². The lowest BCUT2D eigenvalue weighted by Gasteiger charge is -2.08. The summed E-state index contributed by atoms with van der Waals surface area (Å²) in [5, 5.41) is 7.37. The monoisotopic (exact) mass is 183 g/mol. The molecule has 13 heavy (non-hydrogen) atoms. The molecule has 1 N–H and O–H groups in total. The lowest BCUT2D eigenvalue weighted by molar-refractivity contribution is 0.150. The molecule has 1 rings (SSSR count). The highest BCUT2D eigenvalue weighted by Crippen LogP contribution is 2.24. The van der Waals surface area contributed by atoms with Crippen LogP contribution in [0.4, 0.5) is 8.78 Å². The second-order valence-electron chi connectivity index (χ2n) is 2.95. The van der Waals surface area contributed by atoms with Gasteiger partial charge in [0.25, 0.3) is 6.43 Å². The van der Waals surface area contributed by atoms with E-state index in [-0.39, 0.29) is 5.56 Å². The summed E-state index contributed by atoms with van der Waals surface area (Å²) in [5.74, 6) is 0. The summed E-state index contributed by atoms with van der Waals surface area (Å²) in [4.78, 5) is 0. The summed E-state index contributed by atoms with van der Waals surface area (Å²) in [5.41, 5.74) is 1.44. The van der Waals surface area contributed by atoms with Crippen LogP contribution in [0.5, 0.6) is 0 Å². The first-order valence-corrected chi connectivity index (χ1v) is 3.97. The molecular formula is C10H11F2N. The molecule has 0 atom stereocenters. The smallest absolute Gasteiger partial charge is 0.264 e. The van der Waals surface area contributed by atoms with Crippen LogP contribution in [0.2, 0.25) is 0 Å². The normalized spacial score (nSPS) is 10.5. The van der Waals surface area contributed by atoms with E-state index in [1.54, 1.807) is 26.0 Å². The van der Waals surface area contributed by atoms with Gasteiger partial charge in [-0.05, 0) is 25.0 Å². The quantitative estimate of drug-likeness (QED) is 0.680. The minimum atomic E-state index is -2.46. The van der Waals surface area contributed by atoms with Crippen molar-refractivity contribution in [1.82, 2.24) is 0 Å². The molecule has 1 aromatic carbocycles. The van der Waals surface area contributed by atoms with Crippen molar-refractivity contribution >= 4 is 5.71 Å². The Kier molecular flexibility index (Phi) is 2.76. The molecule has 3 heteroatoms. The molecule has 1 nitrogen and oxygen atoms in total. The van der Waals surface area contributed by atoms with Crippen molar-refractivity contribution in [2.45, 2.75) is 20.3 Å². The Balaban J connectivity index is 3.26. The highest BCUT2D eigenvalue weighted by atomic mass is 19.3. The molecule has 0 unspecified atom stereocenters. The van der Waals surface area contributed by atoms with Gasteiger partial charge in [0.15, 0.2) is 0 Å². The summed E-state index contributed by atoms with van der Waals surface area (Å²) in [7, 11) is 0. The number of nitrogens with one attached hydrogen (secondary N) is 1. The Hall–Kier alpha value is -1.25. The van der Waals surface area contributed by atoms with Crippen molar-refractivity contribution < 1.29 is 8.78 Å². The minimum Gasteiger partial charge on any atom is -0.305 e. The SMILES string of the molecule is CC(=N)c1cccc(C(F)F)c1C. The third kappa shape index (κ3) is 1.91. The fraction of sp³-hybridized carbons (Fsp3) is 0.300. The van der Waals surface area contributed by atoms with Gasteiger partial charge in [-0.15, -0.1) is 0 Å². The number of hydrogen-bond donors (Lipinski definition) is 1. The summed E-state index contributed by atoms with van der Waals surface area (Å²) < 4.78 is 24.8. The van der Waals surface area contributed by atoms with Gasteiger partial charge in [-0.3, -0.25) is 0 Å². The standard InChI is InChI=1S/C10H11F2N/c1-6-8(7(2)13)4-3-5-9(6)10(11)12/h3-5,10,13H,1-2H3. The second kappa shape index (κ2) is 3.64. The zero-order valence-corrected chi connectivity index (χ0v) is 7.57. The molecule has 0 aliphatic carbocycles. The Labute approximate surface area is 75.9 Å². The third-order valence-corrected chi connectivity index (χ3v) is 2.01. The van der Waals surface area contributed by atoms with Gasteiger partial charge in [-0.25, -0.2) is 8.78 Å². The van der Waals surface area contributed by atoms with Crippen LogP contribution in [-0.4, -0.2) is 5.71 Å². The lowest BCUT2D eigenvalue weighted by Crippen LogP contribution is -2.00. The highest BCUT2D eigenvalue weighted by Gasteiger charge is 2.12. The molecule has 0 heterocycles. The molecule has 0 amide bonds. The van der Waals surface area contributed by atoms with Crippen LogP contribution in [-0.2, 0) is 0 Å². The zero-order chi connectivity index (χ0) is 10.0. The van der Waals surface area contributed by atoms with E-state index in [1.807, 2.05) is 0 Å². The van der Waals surface area contributed by atoms with Gasteiger partial charge in [0, 0.05) is 11.3 Å². The van der Waals surface area contributed by atoms with Crippen molar-refractivity contribution in [3.8, 4) is 0 Å². The van der Waals surface area contributed by atoms with E-state index in [2.05, 4.69) is 0 Å². The minimum absolute atomic E-state index is 0.0177. The molecule has 0 aliphatic heterocycles. The van der Waals surface area contributed by atoms with Crippen molar-refractivity contribution in [3.63, 3.8) is 0 Å². The van der Waals surface area contributed by atoms with Gasteiger partial charge in [0.2, 0.25) is 0 Å². The first kappa shape index (κ1) is 9.84. The number of benzene rings is 1. The van der Waals surface area contributed by atoms with Gasteiger partial charge in [0.05, 0.1) is 0 Å². The molecular weight excluding hydrogens is 172 g/mol. The Morgan fingerprint density at radius 2 is 2.00 bits per heavy atom. The van der Waals surface area contributed by atoms with Crippen LogP contribution in [0, 0.1) is 12.3 Å². The van der Waals surface area contributed by atoms with E-state index in [9.17, 15) is 8.78 Å². The predicted molar refractivity (Wildman–Crippen MR) is 48.6 cm³/mol. The maximum absolute atomic E-state index is 12.4. The summed E-state index contributed by atoms with van der Waals surface area (Å²) in [6.45, 7) is 3.21. The number of halogens is 2. The number of alkyl halides is 2. The Morgan fingerprint density at radius 3 is 2.46 bits per heavy atom. The topological polar surface area (TPSA) is 23.9 Å². The van der Waals surface area contributed by atoms with Crippen LogP contribution in [0.1, 0.15) is 30.0 Å². The fourth-order valence-corrected chi connectivity index (χ4v) is 1.30. The van der Waals surface area contributed by atoms with Gasteiger partial charge in [-0.1, -0.05) is 18.2 Å². The van der Waals surface area contributed by atoms with Crippen LogP contribution in [0.15, 0.2) is 18.2 Å². The first-order chi connectivity index (χ1) is 6.04. The van der Waals surface area contributed by atoms with Crippen LogP contribution in [0.3, 0.4) is 0 Å². The van der Waals surface area contributed by atoms with Gasteiger partial charge < -0.3 is 5.41 Å². The summed E-state index contributed by atoms with van der Waals surface area (Å²) in [6, 6.07) is 4.64. The molecule has 0 saturated heterocycles. The average Bonchev–Trinajstić information content (AvgIpc) is 2.03. The van der Waals surface area contributed by atoms with E-state index in [0.717, 1.165) is 0 Å². The zero-order valence-electron chi connectivity index (χ0n) is 7.57. The third-order valence-electron chi connectivity index (χ3n) is 2.01. The maximum atomic E-state index is 12.4. The van der Waals surface area contributed by atoms with Crippen molar-refractivity contribution in [2.24, 2.45) is 0 Å². The van der Waals surface area contributed by atoms with Gasteiger partial charge in [-0.2, -0.15) is 0 Å². The number of rotatable bonds is 2. The fourth-order valence-electron chi connectivity index (χ4n) is 1.30. The van der Waals surface area contributed by atoms with Crippen LogP contribution >= 0.6 is 0 Å². The van der Waals surface area contributed by atoms with E-state index >= 15 is 0 Å². The summed E-state index contributed by atoms with van der Waals surface area (Å²) >= 11 is 0. The molecule has 0 fully saturated rings. The predicted octanol–water partition coefficient (Wildman–Crippen LogP) is 3.32. The van der Waals surface area contributed by atoms with Gasteiger partial charge in [0.1, 0.15) is 0 Å². The lowest BCUT2D eigenvalue weighted by atomic mass is 10.00. The largest absolute Gasteiger partial charge is 0.305 e. The molecule has 0 bridgehead atoms. The summed E-state index contributed by atoms with van der Waals surface area (Å²) in [6.07, 6.45) is -2.46. The Bertz CT molecular complexity index is 332. The Morgan fingerprint density at radius 1 is 1.38 bits per heavy atom. The van der Waals surface area contributed by atoms with Crippen molar-refractivity contribution in [3.05, 3.63) is 34.9 Å². The van der Waals surface area contributed by atoms with E-state index in [1.165, 1.54) is 6.07 Å². The van der Waals surface area contributed by atoms with Crippen molar-refractivity contribution in [1.29, 1.82) is 5.41 Å². The second-order valence-corrected chi connectivity index (χ2v) is 2.95. The van der Waals surface area contributed by atoms with E-state index in [0.29, 0.717) is 16.8 Å². The molecule has 0 aliphatic rings. The highest BCUT2D eigenvalue weighted by molar-refractivity contribution is 5.97. The molecule has 0 saturated carbocycles. The average molecular weight is 183 g/mol. The van der Waals surface area contributed by atoms with Crippen LogP contribution in [0.25, 0.3) is 0 Å². The first-order valence-electron chi connectivity index (χ1n) is 3.97. The van der Waals surface area contributed by atoms with Crippen molar-refractivity contribution in [2.75, 3.05) is 0 Å². The molecule has 0 spiro atoms.